The average Bonchev–Trinajstić information content (AvgIpc) is 3.36. The molecule has 40 heavy (non-hydrogen) atoms. The van der Waals surface area contributed by atoms with Crippen molar-refractivity contribution in [3.05, 3.63) is 96.5 Å². The molecule has 3 aliphatic rings. The number of hydrogen-bond acceptors (Lipinski definition) is 0. The molecule has 2 aromatic carbocycles. The molecule has 1 fully saturated rings. The molecule has 1 aliphatic carbocycles. The Kier molecular flexibility index (Phi) is 13.9. The van der Waals surface area contributed by atoms with E-state index in [2.05, 4.69) is 116 Å². The maximum atomic E-state index is 9.75. The second kappa shape index (κ2) is 15.4. The zero-order chi connectivity index (χ0) is 28.8. The number of fused-ring (bicyclic) bond motifs is 2. The third-order valence-corrected chi connectivity index (χ3v) is 15.0. The predicted octanol–water partition coefficient (Wildman–Crippen LogP) is 11.7. The van der Waals surface area contributed by atoms with E-state index < -0.39 is 7.25 Å². The average molecular weight is 680 g/mol. The largest absolute Gasteiger partial charge is 3.00 e. The van der Waals surface area contributed by atoms with Gasteiger partial charge in [0.1, 0.15) is 0 Å². The Balaban J connectivity index is 0.000000333. The molecule has 8 heteroatoms. The van der Waals surface area contributed by atoms with Gasteiger partial charge in [0, 0.05) is 11.3 Å². The van der Waals surface area contributed by atoms with Gasteiger partial charge in [-0.25, -0.2) is 0 Å². The first-order valence-electron chi connectivity index (χ1n) is 14.0. The fourth-order valence-electron chi connectivity index (χ4n) is 5.68. The van der Waals surface area contributed by atoms with Gasteiger partial charge in [-0.15, -0.1) is 0 Å². The van der Waals surface area contributed by atoms with E-state index in [1.807, 2.05) is 0 Å². The Morgan fingerprint density at radius 1 is 0.575 bits per heavy atom. The standard InChI is InChI=1S/C24H32P2.C8H12.BF4.Rh/c1-23(2,3)25-15-17-11-7-9-13-19(17)21(25)22-20-14-10-8-12-18(20)16-26(22)24(4,5)6;1-2-4-6-8-7-5-3-1;2-1(3,4)5;/h7-14,21-22H,15-16H2,1-6H3;1-2,7-8H,3-6H2;;/q;;-1;+3/t21-,22-,25-,26-;;;/m1.../s1. The third-order valence-electron chi connectivity index (χ3n) is 7.46. The van der Waals surface area contributed by atoms with Crippen LogP contribution in [-0.4, -0.2) is 17.6 Å². The Labute approximate surface area is 256 Å². The monoisotopic (exact) mass is 680 g/mol. The fraction of sp³-hybridized carbons (Fsp3) is 0.500. The summed E-state index contributed by atoms with van der Waals surface area (Å²) >= 11 is 0. The van der Waals surface area contributed by atoms with Crippen LogP contribution in [0.4, 0.5) is 17.3 Å². The predicted molar refractivity (Wildman–Crippen MR) is 165 cm³/mol. The van der Waals surface area contributed by atoms with E-state index in [0.29, 0.717) is 10.3 Å². The van der Waals surface area contributed by atoms with Crippen LogP contribution >= 0.6 is 15.8 Å². The van der Waals surface area contributed by atoms with Crippen LogP contribution in [0.1, 0.15) is 101 Å². The minimum Gasteiger partial charge on any atom is -0.418 e. The normalized spacial score (nSPS) is 24.6. The molecule has 0 aromatic heterocycles. The first-order chi connectivity index (χ1) is 18.2. The van der Waals surface area contributed by atoms with E-state index >= 15 is 0 Å². The molecule has 220 valence electrons. The number of halogens is 4. The summed E-state index contributed by atoms with van der Waals surface area (Å²) in [7, 11) is -6.14. The molecule has 1 saturated carbocycles. The molecule has 0 N–H and O–H groups in total. The van der Waals surface area contributed by atoms with E-state index in [1.165, 1.54) is 38.0 Å². The second-order valence-corrected chi connectivity index (χ2v) is 18.8. The second-order valence-electron chi connectivity index (χ2n) is 12.5. The van der Waals surface area contributed by atoms with Crippen LogP contribution in [0.25, 0.3) is 0 Å². The summed E-state index contributed by atoms with van der Waals surface area (Å²) in [6, 6.07) is 18.7. The molecule has 2 aliphatic heterocycles. The van der Waals surface area contributed by atoms with E-state index in [4.69, 9.17) is 0 Å². The van der Waals surface area contributed by atoms with Crippen molar-refractivity contribution < 1.29 is 36.7 Å². The van der Waals surface area contributed by atoms with E-state index in [-0.39, 0.29) is 35.3 Å². The third kappa shape index (κ3) is 10.5. The smallest absolute Gasteiger partial charge is 0.418 e. The zero-order valence-corrected chi connectivity index (χ0v) is 28.1. The van der Waals surface area contributed by atoms with E-state index in [1.54, 1.807) is 22.3 Å². The Hall–Kier alpha value is -0.292. The first-order valence-corrected chi connectivity index (χ1v) is 17.2. The van der Waals surface area contributed by atoms with Gasteiger partial charge in [0.25, 0.3) is 0 Å². The van der Waals surface area contributed by atoms with Gasteiger partial charge in [-0.3, -0.25) is 0 Å². The van der Waals surface area contributed by atoms with Crippen molar-refractivity contribution in [3.8, 4) is 0 Å². The quantitative estimate of drug-likeness (QED) is 0.160. The molecule has 4 radical (unpaired) electrons. The molecular formula is C32H44BF4P2Rh+2. The molecule has 2 heterocycles. The van der Waals surface area contributed by atoms with Crippen LogP contribution in [0, 0.1) is 25.7 Å². The summed E-state index contributed by atoms with van der Waals surface area (Å²) in [5.74, 6) is 0. The Morgan fingerprint density at radius 3 is 1.12 bits per heavy atom. The summed E-state index contributed by atoms with van der Waals surface area (Å²) < 4.78 is 39.0. The van der Waals surface area contributed by atoms with Crippen molar-refractivity contribution >= 4 is 23.1 Å². The van der Waals surface area contributed by atoms with Gasteiger partial charge < -0.3 is 17.3 Å². The van der Waals surface area contributed by atoms with Crippen LogP contribution in [-0.2, 0) is 31.8 Å². The summed E-state index contributed by atoms with van der Waals surface area (Å²) in [6.45, 7) is 14.9. The maximum absolute atomic E-state index is 9.75. The van der Waals surface area contributed by atoms with Gasteiger partial charge in [-0.05, 0) is 96.3 Å². The van der Waals surface area contributed by atoms with E-state index in [0.717, 1.165) is 11.3 Å². The molecule has 0 nitrogen and oxygen atoms in total. The summed E-state index contributed by atoms with van der Waals surface area (Å²) in [4.78, 5) is 0. The van der Waals surface area contributed by atoms with Crippen molar-refractivity contribution in [2.75, 3.05) is 0 Å². The van der Waals surface area contributed by atoms with Crippen LogP contribution in [0.5, 0.6) is 0 Å². The summed E-state index contributed by atoms with van der Waals surface area (Å²) in [6.07, 6.45) is 16.6. The van der Waals surface area contributed by atoms with Crippen molar-refractivity contribution in [1.82, 2.24) is 0 Å². The van der Waals surface area contributed by atoms with Crippen molar-refractivity contribution in [2.45, 2.75) is 101 Å². The molecule has 0 saturated heterocycles. The number of hydrogen-bond donors (Lipinski definition) is 0. The number of benzene rings is 2. The van der Waals surface area contributed by atoms with Crippen molar-refractivity contribution in [2.24, 2.45) is 0 Å². The van der Waals surface area contributed by atoms with Gasteiger partial charge in [0.15, 0.2) is 0 Å². The van der Waals surface area contributed by atoms with Gasteiger partial charge in [0.05, 0.1) is 0 Å². The maximum Gasteiger partial charge on any atom is 3.00 e. The zero-order valence-electron chi connectivity index (χ0n) is 24.6. The minimum atomic E-state index is -6.00. The molecule has 4 atom stereocenters. The minimum absolute atomic E-state index is 0. The van der Waals surface area contributed by atoms with Gasteiger partial charge >= 0.3 is 26.7 Å². The molecule has 5 rings (SSSR count). The van der Waals surface area contributed by atoms with Gasteiger partial charge in [-0.1, -0.05) is 106 Å². The fourth-order valence-corrected chi connectivity index (χ4v) is 13.1. The van der Waals surface area contributed by atoms with Crippen LogP contribution in [0.15, 0.2) is 48.5 Å². The van der Waals surface area contributed by atoms with Crippen LogP contribution in [0.2, 0.25) is 0 Å². The van der Waals surface area contributed by atoms with Crippen molar-refractivity contribution in [3.63, 3.8) is 0 Å². The van der Waals surface area contributed by atoms with Crippen molar-refractivity contribution in [1.29, 1.82) is 0 Å². The van der Waals surface area contributed by atoms with Crippen LogP contribution in [0.3, 0.4) is 0 Å². The molecule has 2 aromatic rings. The van der Waals surface area contributed by atoms with Crippen LogP contribution < -0.4 is 0 Å². The van der Waals surface area contributed by atoms with Gasteiger partial charge in [0.2, 0.25) is 0 Å². The Morgan fingerprint density at radius 2 is 0.850 bits per heavy atom. The molecular weight excluding hydrogens is 636 g/mol. The Bertz CT molecular complexity index is 949. The van der Waals surface area contributed by atoms with E-state index in [9.17, 15) is 17.3 Å². The SMILES string of the molecule is CC(C)(C)[P@]1Cc2ccccc2[C@@H]1[C@H]1c2ccccc2C[P@@]1C(C)(C)C.F[B-](F)(F)F.[CH]1[CH]CC[CH][CH]CC1.[Rh+3]. The molecule has 0 spiro atoms. The molecule has 0 bridgehead atoms. The number of rotatable bonds is 1. The first kappa shape index (κ1) is 35.9. The molecule has 0 amide bonds. The summed E-state index contributed by atoms with van der Waals surface area (Å²) in [5.41, 5.74) is 8.07. The molecule has 0 unspecified atom stereocenters. The summed E-state index contributed by atoms with van der Waals surface area (Å²) in [5, 5.41) is 0.797. The van der Waals surface area contributed by atoms with Gasteiger partial charge in [-0.2, -0.15) is 0 Å². The topological polar surface area (TPSA) is 0 Å².